The van der Waals surface area contributed by atoms with Gasteiger partial charge in [-0.3, -0.25) is 4.79 Å². The fraction of sp³-hybridized carbons (Fsp3) is 0.133. The predicted octanol–water partition coefficient (Wildman–Crippen LogP) is 4.16. The Hall–Kier alpha value is -2.30. The summed E-state index contributed by atoms with van der Waals surface area (Å²) in [5.41, 5.74) is 2.34. The molecule has 0 spiro atoms. The minimum Gasteiger partial charge on any atom is -0.318 e. The van der Waals surface area contributed by atoms with Gasteiger partial charge in [-0.15, -0.1) is 0 Å². The molecular formula is C15H12F3NO. The normalized spacial score (nSPS) is 11.2. The van der Waals surface area contributed by atoms with E-state index in [0.29, 0.717) is 5.56 Å². The van der Waals surface area contributed by atoms with E-state index in [1.54, 1.807) is 36.4 Å². The Morgan fingerprint density at radius 2 is 1.70 bits per heavy atom. The van der Waals surface area contributed by atoms with Crippen molar-refractivity contribution in [1.29, 1.82) is 0 Å². The van der Waals surface area contributed by atoms with Crippen LogP contribution in [-0.2, 0) is 4.79 Å². The van der Waals surface area contributed by atoms with E-state index < -0.39 is 12.1 Å². The van der Waals surface area contributed by atoms with Crippen LogP contribution >= 0.6 is 0 Å². The molecule has 0 fully saturated rings. The molecule has 5 heteroatoms. The van der Waals surface area contributed by atoms with Crippen LogP contribution in [0.15, 0.2) is 48.5 Å². The Morgan fingerprint density at radius 1 is 1.05 bits per heavy atom. The summed E-state index contributed by atoms with van der Waals surface area (Å²) in [4.78, 5) is 11.1. The van der Waals surface area contributed by atoms with Gasteiger partial charge in [0.1, 0.15) is 0 Å². The maximum absolute atomic E-state index is 12.3. The zero-order valence-electron chi connectivity index (χ0n) is 10.7. The van der Waals surface area contributed by atoms with Crippen LogP contribution in [-0.4, -0.2) is 12.1 Å². The van der Waals surface area contributed by atoms with Crippen molar-refractivity contribution < 1.29 is 18.0 Å². The third-order valence-electron chi connectivity index (χ3n) is 2.77. The van der Waals surface area contributed by atoms with E-state index in [9.17, 15) is 18.0 Å². The number of amides is 1. The van der Waals surface area contributed by atoms with Crippen LogP contribution in [0, 0.1) is 6.92 Å². The molecule has 2 aromatic rings. The van der Waals surface area contributed by atoms with Crippen molar-refractivity contribution in [3.05, 3.63) is 54.1 Å². The Balaban J connectivity index is 2.42. The fourth-order valence-corrected chi connectivity index (χ4v) is 1.82. The van der Waals surface area contributed by atoms with Gasteiger partial charge in [0.2, 0.25) is 0 Å². The van der Waals surface area contributed by atoms with Crippen LogP contribution in [0.2, 0.25) is 0 Å². The summed E-state index contributed by atoms with van der Waals surface area (Å²) >= 11 is 0. The molecule has 2 aromatic carbocycles. The number of carbonyl (C=O) groups excluding carboxylic acids is 1. The Kier molecular flexibility index (Phi) is 3.79. The van der Waals surface area contributed by atoms with Gasteiger partial charge in [-0.2, -0.15) is 13.2 Å². The molecule has 0 aliphatic rings. The number of alkyl halides is 3. The molecule has 0 aliphatic carbocycles. The van der Waals surface area contributed by atoms with Crippen LogP contribution in [0.4, 0.5) is 18.9 Å². The number of aryl methyl sites for hydroxylation is 1. The molecule has 20 heavy (non-hydrogen) atoms. The Bertz CT molecular complexity index is 621. The lowest BCUT2D eigenvalue weighted by Crippen LogP contribution is -2.30. The van der Waals surface area contributed by atoms with Gasteiger partial charge in [0.25, 0.3) is 0 Å². The van der Waals surface area contributed by atoms with Crippen molar-refractivity contribution in [3.8, 4) is 11.1 Å². The molecule has 0 radical (unpaired) electrons. The molecule has 104 valence electrons. The summed E-state index contributed by atoms with van der Waals surface area (Å²) in [6.07, 6.45) is -4.90. The zero-order valence-corrected chi connectivity index (χ0v) is 10.7. The Labute approximate surface area is 114 Å². The highest BCUT2D eigenvalue weighted by molar-refractivity contribution is 5.98. The maximum atomic E-state index is 12.3. The van der Waals surface area contributed by atoms with Crippen molar-refractivity contribution in [1.82, 2.24) is 0 Å². The second-order valence-electron chi connectivity index (χ2n) is 4.37. The minimum absolute atomic E-state index is 0.143. The molecular weight excluding hydrogens is 267 g/mol. The van der Waals surface area contributed by atoms with Gasteiger partial charge in [-0.1, -0.05) is 42.0 Å². The smallest absolute Gasteiger partial charge is 0.318 e. The molecule has 2 nitrogen and oxygen atoms in total. The summed E-state index contributed by atoms with van der Waals surface area (Å²) in [6.45, 7) is 1.84. The van der Waals surface area contributed by atoms with E-state index in [0.717, 1.165) is 11.1 Å². The van der Waals surface area contributed by atoms with Crippen molar-refractivity contribution in [2.24, 2.45) is 0 Å². The van der Waals surface area contributed by atoms with E-state index in [1.165, 1.54) is 6.07 Å². The van der Waals surface area contributed by atoms with E-state index >= 15 is 0 Å². The molecule has 0 heterocycles. The first-order valence-corrected chi connectivity index (χ1v) is 5.92. The van der Waals surface area contributed by atoms with Crippen molar-refractivity contribution in [2.75, 3.05) is 5.32 Å². The van der Waals surface area contributed by atoms with Crippen molar-refractivity contribution in [2.45, 2.75) is 13.1 Å². The van der Waals surface area contributed by atoms with Crippen molar-refractivity contribution >= 4 is 11.6 Å². The molecule has 0 saturated heterocycles. The first-order chi connectivity index (χ1) is 9.38. The van der Waals surface area contributed by atoms with Crippen LogP contribution in [0.1, 0.15) is 5.56 Å². The summed E-state index contributed by atoms with van der Waals surface area (Å²) < 4.78 is 37.0. The highest BCUT2D eigenvalue weighted by atomic mass is 19.4. The summed E-state index contributed by atoms with van der Waals surface area (Å²) in [5.74, 6) is -1.97. The van der Waals surface area contributed by atoms with Crippen LogP contribution in [0.5, 0.6) is 0 Å². The SMILES string of the molecule is Cc1ccc(NC(=O)C(F)(F)F)c(-c2ccccc2)c1. The Morgan fingerprint density at radius 3 is 2.30 bits per heavy atom. The number of halogens is 3. The number of nitrogens with one attached hydrogen (secondary N) is 1. The quantitative estimate of drug-likeness (QED) is 0.878. The fourth-order valence-electron chi connectivity index (χ4n) is 1.82. The molecule has 0 saturated carbocycles. The lowest BCUT2D eigenvalue weighted by molar-refractivity contribution is -0.167. The number of anilines is 1. The van der Waals surface area contributed by atoms with Crippen LogP contribution in [0.3, 0.4) is 0 Å². The average Bonchev–Trinajstić information content (AvgIpc) is 2.40. The number of benzene rings is 2. The standard InChI is InChI=1S/C15H12F3NO/c1-10-7-8-13(19-14(20)15(16,17)18)12(9-10)11-5-3-2-4-6-11/h2-9H,1H3,(H,19,20). The third-order valence-corrected chi connectivity index (χ3v) is 2.77. The van der Waals surface area contributed by atoms with Gasteiger partial charge in [-0.25, -0.2) is 0 Å². The predicted molar refractivity (Wildman–Crippen MR) is 71.3 cm³/mol. The van der Waals surface area contributed by atoms with Gasteiger partial charge < -0.3 is 5.32 Å². The number of hydrogen-bond acceptors (Lipinski definition) is 1. The van der Waals surface area contributed by atoms with Crippen LogP contribution in [0.25, 0.3) is 11.1 Å². The topological polar surface area (TPSA) is 29.1 Å². The highest BCUT2D eigenvalue weighted by Gasteiger charge is 2.38. The van der Waals surface area contributed by atoms with Crippen LogP contribution < -0.4 is 5.32 Å². The maximum Gasteiger partial charge on any atom is 0.471 e. The van der Waals surface area contributed by atoms with Gasteiger partial charge >= 0.3 is 12.1 Å². The second kappa shape index (κ2) is 5.36. The molecule has 1 N–H and O–H groups in total. The molecule has 0 aromatic heterocycles. The highest BCUT2D eigenvalue weighted by Crippen LogP contribution is 2.30. The largest absolute Gasteiger partial charge is 0.471 e. The molecule has 0 unspecified atom stereocenters. The molecule has 0 aliphatic heterocycles. The summed E-state index contributed by atoms with van der Waals surface area (Å²) in [6, 6.07) is 13.8. The molecule has 0 bridgehead atoms. The van der Waals surface area contributed by atoms with E-state index in [2.05, 4.69) is 0 Å². The first kappa shape index (κ1) is 14.1. The van der Waals surface area contributed by atoms with Gasteiger partial charge in [0, 0.05) is 11.3 Å². The van der Waals surface area contributed by atoms with Gasteiger partial charge in [0.15, 0.2) is 0 Å². The summed E-state index contributed by atoms with van der Waals surface area (Å²) in [7, 11) is 0. The molecule has 0 atom stereocenters. The zero-order chi connectivity index (χ0) is 14.8. The lowest BCUT2D eigenvalue weighted by atomic mass is 10.0. The molecule has 2 rings (SSSR count). The number of carbonyl (C=O) groups is 1. The third kappa shape index (κ3) is 3.17. The lowest BCUT2D eigenvalue weighted by Gasteiger charge is -2.13. The number of rotatable bonds is 2. The number of hydrogen-bond donors (Lipinski definition) is 1. The summed E-state index contributed by atoms with van der Waals surface area (Å²) in [5, 5.41) is 1.91. The molecule has 1 amide bonds. The second-order valence-corrected chi connectivity index (χ2v) is 4.37. The minimum atomic E-state index is -4.90. The van der Waals surface area contributed by atoms with Crippen molar-refractivity contribution in [3.63, 3.8) is 0 Å². The average molecular weight is 279 g/mol. The van der Waals surface area contributed by atoms with Gasteiger partial charge in [-0.05, 0) is 24.6 Å². The van der Waals surface area contributed by atoms with E-state index in [4.69, 9.17) is 0 Å². The van der Waals surface area contributed by atoms with Gasteiger partial charge in [0.05, 0.1) is 0 Å². The monoisotopic (exact) mass is 279 g/mol. The van der Waals surface area contributed by atoms with E-state index in [-0.39, 0.29) is 5.69 Å². The van der Waals surface area contributed by atoms with E-state index in [1.807, 2.05) is 18.3 Å². The first-order valence-electron chi connectivity index (χ1n) is 5.92.